The Bertz CT molecular complexity index is 230. The van der Waals surface area contributed by atoms with Crippen molar-refractivity contribution in [1.82, 2.24) is 0 Å². The third kappa shape index (κ3) is 1.27. The molecule has 0 atom stereocenters. The lowest BCUT2D eigenvalue weighted by Crippen LogP contribution is -3.34. The van der Waals surface area contributed by atoms with E-state index in [1.165, 1.54) is 0 Å². The quantitative estimate of drug-likeness (QED) is 0.245. The number of hydrogen-bond donors (Lipinski definition) is 0. The van der Waals surface area contributed by atoms with E-state index in [2.05, 4.69) is 0 Å². The van der Waals surface area contributed by atoms with Gasteiger partial charge in [0.15, 0.2) is 0 Å². The van der Waals surface area contributed by atoms with Crippen molar-refractivity contribution in [3.63, 3.8) is 0 Å². The molecule has 1 aromatic carbocycles. The third-order valence-electron chi connectivity index (χ3n) is 1.17. The molecule has 66 valence electrons. The van der Waals surface area contributed by atoms with Crippen LogP contribution >= 0.6 is 0 Å². The Morgan fingerprint density at radius 2 is 0.833 bits per heavy atom. The molecule has 0 aliphatic heterocycles. The van der Waals surface area contributed by atoms with Crippen molar-refractivity contribution in [3.8, 4) is 0 Å². The molecule has 0 amide bonds. The predicted molar refractivity (Wildman–Crippen MR) is 26.3 cm³/mol. The van der Waals surface area contributed by atoms with Gasteiger partial charge in [0.05, 0.1) is 0 Å². The highest BCUT2D eigenvalue weighted by atomic mass is 127. The summed E-state index contributed by atoms with van der Waals surface area (Å²) in [6.07, 6.45) is 0. The first kappa shape index (κ1) is 9.69. The molecule has 0 fully saturated rings. The van der Waals surface area contributed by atoms with E-state index >= 15 is 0 Å². The second-order valence-electron chi connectivity index (χ2n) is 1.90. The molecular formula is C6HF5I+. The fourth-order valence-electron chi connectivity index (χ4n) is 0.585. The number of benzene rings is 1. The van der Waals surface area contributed by atoms with Gasteiger partial charge in [-0.25, -0.2) is 13.2 Å². The summed E-state index contributed by atoms with van der Waals surface area (Å²) in [5.41, 5.74) is 0. The molecule has 0 aromatic heterocycles. The average Bonchev–Trinajstić information content (AvgIpc) is 2.08. The van der Waals surface area contributed by atoms with E-state index in [1.54, 1.807) is 0 Å². The zero-order valence-corrected chi connectivity index (χ0v) is 7.63. The Hall–Kier alpha value is -0.400. The van der Waals surface area contributed by atoms with Gasteiger partial charge in [0.2, 0.25) is 29.1 Å². The Balaban J connectivity index is 3.60. The van der Waals surface area contributed by atoms with Crippen molar-refractivity contribution in [2.45, 2.75) is 0 Å². The fraction of sp³-hybridized carbons (Fsp3) is 0. The van der Waals surface area contributed by atoms with Crippen molar-refractivity contribution in [2.24, 2.45) is 0 Å². The molecule has 0 aliphatic rings. The minimum Gasteiger partial charge on any atom is -0.200 e. The fourth-order valence-corrected chi connectivity index (χ4v) is 1.10. The maximum absolute atomic E-state index is 12.4. The van der Waals surface area contributed by atoms with Gasteiger partial charge in [-0.2, -0.15) is 8.78 Å². The molecular weight excluding hydrogens is 294 g/mol. The van der Waals surface area contributed by atoms with Crippen LogP contribution in [0.3, 0.4) is 0 Å². The highest BCUT2D eigenvalue weighted by molar-refractivity contribution is 5.11. The highest BCUT2D eigenvalue weighted by Crippen LogP contribution is 2.16. The second-order valence-corrected chi connectivity index (χ2v) is 3.06. The van der Waals surface area contributed by atoms with Gasteiger partial charge in [0.1, 0.15) is 0 Å². The van der Waals surface area contributed by atoms with Crippen molar-refractivity contribution in [2.75, 3.05) is 0 Å². The van der Waals surface area contributed by atoms with Crippen LogP contribution in [-0.4, -0.2) is 0 Å². The lowest BCUT2D eigenvalue weighted by atomic mass is 10.3. The van der Waals surface area contributed by atoms with Gasteiger partial charge in [-0.1, -0.05) is 0 Å². The maximum atomic E-state index is 12.4. The highest BCUT2D eigenvalue weighted by Gasteiger charge is 2.28. The van der Waals surface area contributed by atoms with Crippen LogP contribution < -0.4 is 22.6 Å². The first-order chi connectivity index (χ1) is 5.46. The van der Waals surface area contributed by atoms with Crippen molar-refractivity contribution in [1.29, 1.82) is 0 Å². The summed E-state index contributed by atoms with van der Waals surface area (Å²) >= 11 is 0.741. The number of rotatable bonds is 0. The minimum atomic E-state index is -2.13. The van der Waals surface area contributed by atoms with Gasteiger partial charge < -0.3 is 0 Å². The summed E-state index contributed by atoms with van der Waals surface area (Å²) < 4.78 is 60.7. The molecule has 0 spiro atoms. The Morgan fingerprint density at radius 3 is 1.17 bits per heavy atom. The molecule has 0 bridgehead atoms. The van der Waals surface area contributed by atoms with Gasteiger partial charge in [-0.3, -0.25) is 0 Å². The minimum absolute atomic E-state index is 0.741. The summed E-state index contributed by atoms with van der Waals surface area (Å²) in [5, 5.41) is 0. The summed E-state index contributed by atoms with van der Waals surface area (Å²) in [5.74, 6) is -9.51. The van der Waals surface area contributed by atoms with Crippen LogP contribution in [0, 0.1) is 32.7 Å². The van der Waals surface area contributed by atoms with Crippen LogP contribution in [0.4, 0.5) is 22.0 Å². The van der Waals surface area contributed by atoms with Crippen LogP contribution in [0.5, 0.6) is 0 Å². The van der Waals surface area contributed by atoms with Crippen molar-refractivity contribution >= 4 is 0 Å². The van der Waals surface area contributed by atoms with Crippen LogP contribution in [0.15, 0.2) is 0 Å². The summed E-state index contributed by atoms with van der Waals surface area (Å²) in [6, 6.07) is 0. The van der Waals surface area contributed by atoms with E-state index in [9.17, 15) is 22.0 Å². The number of halogens is 6. The Labute approximate surface area is 77.5 Å². The smallest absolute Gasteiger partial charge is 0.200 e. The van der Waals surface area contributed by atoms with Crippen molar-refractivity contribution < 1.29 is 44.5 Å². The predicted octanol–water partition coefficient (Wildman–Crippen LogP) is -1.16. The van der Waals surface area contributed by atoms with Crippen molar-refractivity contribution in [3.05, 3.63) is 32.7 Å². The molecule has 12 heavy (non-hydrogen) atoms. The van der Waals surface area contributed by atoms with Gasteiger partial charge in [0, 0.05) is 0 Å². The molecule has 1 aromatic rings. The van der Waals surface area contributed by atoms with E-state index in [0.717, 1.165) is 22.6 Å². The Kier molecular flexibility index (Phi) is 2.55. The zero-order valence-electron chi connectivity index (χ0n) is 5.30. The lowest BCUT2D eigenvalue weighted by molar-refractivity contribution is -0.340. The molecule has 0 nitrogen and oxygen atoms in total. The molecule has 0 saturated heterocycles. The molecule has 0 heterocycles. The van der Waals surface area contributed by atoms with Gasteiger partial charge in [0.25, 0.3) is 3.57 Å². The van der Waals surface area contributed by atoms with Crippen LogP contribution in [0.1, 0.15) is 0 Å². The van der Waals surface area contributed by atoms with Gasteiger partial charge in [-0.15, -0.1) is 0 Å². The van der Waals surface area contributed by atoms with E-state index < -0.39 is 32.7 Å². The van der Waals surface area contributed by atoms with Crippen LogP contribution in [0.2, 0.25) is 0 Å². The normalized spacial score (nSPS) is 10.5. The third-order valence-corrected chi connectivity index (χ3v) is 2.19. The summed E-state index contributed by atoms with van der Waals surface area (Å²) in [4.78, 5) is 0. The molecule has 0 radical (unpaired) electrons. The lowest BCUT2D eigenvalue weighted by Gasteiger charge is -1.96. The molecule has 0 aliphatic carbocycles. The molecule has 0 unspecified atom stereocenters. The molecule has 0 N–H and O–H groups in total. The Morgan fingerprint density at radius 1 is 0.583 bits per heavy atom. The van der Waals surface area contributed by atoms with E-state index in [4.69, 9.17) is 0 Å². The summed E-state index contributed by atoms with van der Waals surface area (Å²) in [7, 11) is 0. The van der Waals surface area contributed by atoms with Crippen LogP contribution in [-0.2, 0) is 0 Å². The average molecular weight is 295 g/mol. The topological polar surface area (TPSA) is 0 Å². The monoisotopic (exact) mass is 295 g/mol. The first-order valence-corrected chi connectivity index (χ1v) is 3.81. The first-order valence-electron chi connectivity index (χ1n) is 2.65. The molecule has 6 heteroatoms. The zero-order chi connectivity index (χ0) is 9.46. The van der Waals surface area contributed by atoms with E-state index in [-0.39, 0.29) is 0 Å². The van der Waals surface area contributed by atoms with E-state index in [0.29, 0.717) is 0 Å². The molecule has 0 saturated carbocycles. The SMILES string of the molecule is Fc1c(F)c(F)c([IH+])c(F)c1F. The second kappa shape index (κ2) is 3.15. The number of hydrogen-bond acceptors (Lipinski definition) is 0. The largest absolute Gasteiger partial charge is 0.303 e. The standard InChI is InChI=1S/C6HF5I/c7-1-2(8)4(10)6(12)5(11)3(1)9/h12H/q+1. The molecule has 1 rings (SSSR count). The van der Waals surface area contributed by atoms with E-state index in [1.807, 2.05) is 0 Å². The van der Waals surface area contributed by atoms with Crippen LogP contribution in [0.25, 0.3) is 0 Å². The van der Waals surface area contributed by atoms with Gasteiger partial charge >= 0.3 is 22.6 Å². The maximum Gasteiger partial charge on any atom is 0.303 e. The van der Waals surface area contributed by atoms with Gasteiger partial charge in [-0.05, 0) is 0 Å². The summed E-state index contributed by atoms with van der Waals surface area (Å²) in [6.45, 7) is 0.